The minimum absolute atomic E-state index is 0.00681. The Kier molecular flexibility index (Phi) is 5.29. The molecule has 1 aliphatic heterocycles. The van der Waals surface area contributed by atoms with Gasteiger partial charge in [-0.05, 0) is 57.5 Å². The van der Waals surface area contributed by atoms with E-state index in [0.29, 0.717) is 25.2 Å². The van der Waals surface area contributed by atoms with Crippen molar-refractivity contribution in [3.63, 3.8) is 0 Å². The lowest BCUT2D eigenvalue weighted by molar-refractivity contribution is -0.182. The van der Waals surface area contributed by atoms with Gasteiger partial charge in [0.15, 0.2) is 0 Å². The first-order chi connectivity index (χ1) is 9.45. The van der Waals surface area contributed by atoms with Gasteiger partial charge in [0.25, 0.3) is 0 Å². The van der Waals surface area contributed by atoms with Gasteiger partial charge in [-0.25, -0.2) is 0 Å². The molecule has 0 aromatic heterocycles. The first-order valence-electron chi connectivity index (χ1n) is 7.52. The van der Waals surface area contributed by atoms with Crippen molar-refractivity contribution in [1.82, 2.24) is 10.6 Å². The van der Waals surface area contributed by atoms with Crippen molar-refractivity contribution in [3.8, 4) is 0 Å². The van der Waals surface area contributed by atoms with Crippen LogP contribution >= 0.6 is 0 Å². The van der Waals surface area contributed by atoms with Crippen LogP contribution in [-0.4, -0.2) is 31.2 Å². The molecule has 0 aromatic carbocycles. The number of nitrogens with one attached hydrogen (secondary N) is 2. The fraction of sp³-hybridized carbons (Fsp3) is 0.929. The third-order valence-corrected chi connectivity index (χ3v) is 4.49. The summed E-state index contributed by atoms with van der Waals surface area (Å²) >= 11 is 0. The Labute approximate surface area is 117 Å². The molecule has 1 saturated carbocycles. The van der Waals surface area contributed by atoms with Gasteiger partial charge in [-0.2, -0.15) is 13.2 Å². The summed E-state index contributed by atoms with van der Waals surface area (Å²) in [6, 6.07) is -0.0668. The molecule has 2 aliphatic rings. The van der Waals surface area contributed by atoms with E-state index in [4.69, 9.17) is 0 Å². The molecule has 2 N–H and O–H groups in total. The van der Waals surface area contributed by atoms with E-state index >= 15 is 0 Å². The molecule has 0 spiro atoms. The van der Waals surface area contributed by atoms with Crippen LogP contribution in [0.4, 0.5) is 13.2 Å². The molecular formula is C14H23F3N2O. The maximum Gasteiger partial charge on any atom is 0.391 e. The van der Waals surface area contributed by atoms with Crippen molar-refractivity contribution in [2.45, 2.75) is 57.2 Å². The van der Waals surface area contributed by atoms with E-state index in [0.717, 1.165) is 25.9 Å². The third-order valence-electron chi connectivity index (χ3n) is 4.49. The highest BCUT2D eigenvalue weighted by molar-refractivity contribution is 5.76. The van der Waals surface area contributed by atoms with E-state index in [1.165, 1.54) is 0 Å². The van der Waals surface area contributed by atoms with Crippen LogP contribution in [0.1, 0.15) is 44.9 Å². The van der Waals surface area contributed by atoms with E-state index in [9.17, 15) is 18.0 Å². The summed E-state index contributed by atoms with van der Waals surface area (Å²) in [5, 5.41) is 6.16. The first kappa shape index (κ1) is 15.6. The maximum absolute atomic E-state index is 12.5. The minimum atomic E-state index is -4.08. The molecule has 0 radical (unpaired) electrons. The second-order valence-electron chi connectivity index (χ2n) is 6.06. The van der Waals surface area contributed by atoms with E-state index in [2.05, 4.69) is 10.6 Å². The fourth-order valence-electron chi connectivity index (χ4n) is 3.20. The van der Waals surface area contributed by atoms with Gasteiger partial charge in [0.05, 0.1) is 5.92 Å². The van der Waals surface area contributed by atoms with Crippen molar-refractivity contribution in [2.75, 3.05) is 13.1 Å². The molecule has 116 valence electrons. The minimum Gasteiger partial charge on any atom is -0.353 e. The first-order valence-corrected chi connectivity index (χ1v) is 7.52. The van der Waals surface area contributed by atoms with Gasteiger partial charge in [0.2, 0.25) is 5.91 Å². The molecule has 3 nitrogen and oxygen atoms in total. The molecule has 0 bridgehead atoms. The molecule has 1 saturated heterocycles. The van der Waals surface area contributed by atoms with Crippen molar-refractivity contribution in [2.24, 2.45) is 11.8 Å². The van der Waals surface area contributed by atoms with Crippen molar-refractivity contribution >= 4 is 5.91 Å². The summed E-state index contributed by atoms with van der Waals surface area (Å²) in [7, 11) is 0. The zero-order valence-corrected chi connectivity index (χ0v) is 11.6. The Morgan fingerprint density at radius 1 is 1.05 bits per heavy atom. The normalized spacial score (nSPS) is 29.1. The Balaban J connectivity index is 1.68. The van der Waals surface area contributed by atoms with Crippen LogP contribution in [0.25, 0.3) is 0 Å². The smallest absolute Gasteiger partial charge is 0.353 e. The van der Waals surface area contributed by atoms with E-state index in [1.54, 1.807) is 0 Å². The molecule has 6 heteroatoms. The highest BCUT2D eigenvalue weighted by Crippen LogP contribution is 2.37. The molecule has 0 atom stereocenters. The van der Waals surface area contributed by atoms with Crippen LogP contribution in [0.15, 0.2) is 0 Å². The lowest BCUT2D eigenvalue weighted by Crippen LogP contribution is -2.41. The summed E-state index contributed by atoms with van der Waals surface area (Å²) < 4.78 is 37.6. The van der Waals surface area contributed by atoms with Crippen molar-refractivity contribution in [3.05, 3.63) is 0 Å². The quantitative estimate of drug-likeness (QED) is 0.839. The van der Waals surface area contributed by atoms with Crippen LogP contribution in [0.2, 0.25) is 0 Å². The Hall–Kier alpha value is -0.780. The number of alkyl halides is 3. The highest BCUT2D eigenvalue weighted by Gasteiger charge is 2.41. The predicted octanol–water partition coefficient (Wildman–Crippen LogP) is 2.61. The Morgan fingerprint density at radius 2 is 1.65 bits per heavy atom. The van der Waals surface area contributed by atoms with E-state index < -0.39 is 12.1 Å². The molecule has 20 heavy (non-hydrogen) atoms. The fourth-order valence-corrected chi connectivity index (χ4v) is 3.20. The SMILES string of the molecule is O=C(CC1CCNCC1)NC1CCC(C(F)(F)F)CC1. The molecule has 1 heterocycles. The number of amides is 1. The zero-order valence-electron chi connectivity index (χ0n) is 11.6. The number of halogens is 3. The zero-order chi connectivity index (χ0) is 14.6. The number of rotatable bonds is 3. The summed E-state index contributed by atoms with van der Waals surface area (Å²) in [5.41, 5.74) is 0. The van der Waals surface area contributed by atoms with E-state index in [-0.39, 0.29) is 24.8 Å². The molecule has 1 aliphatic carbocycles. The summed E-state index contributed by atoms with van der Waals surface area (Å²) in [6.07, 6.45) is -0.374. The number of carbonyl (C=O) groups excluding carboxylic acids is 1. The van der Waals surface area contributed by atoms with Gasteiger partial charge in [0.1, 0.15) is 0 Å². The number of carbonyl (C=O) groups is 1. The van der Waals surface area contributed by atoms with Crippen molar-refractivity contribution < 1.29 is 18.0 Å². The standard InChI is InChI=1S/C14H23F3N2O/c15-14(16,17)11-1-3-12(4-2-11)19-13(20)9-10-5-7-18-8-6-10/h10-12,18H,1-9H2,(H,19,20). The number of piperidine rings is 1. The molecule has 0 aromatic rings. The van der Waals surface area contributed by atoms with Crippen molar-refractivity contribution in [1.29, 1.82) is 0 Å². The Bertz CT molecular complexity index is 319. The summed E-state index contributed by atoms with van der Waals surface area (Å²) in [6.45, 7) is 1.91. The molecule has 1 amide bonds. The summed E-state index contributed by atoms with van der Waals surface area (Å²) in [4.78, 5) is 11.9. The predicted molar refractivity (Wildman–Crippen MR) is 70.2 cm³/mol. The lowest BCUT2D eigenvalue weighted by Gasteiger charge is -2.31. The van der Waals surface area contributed by atoms with Gasteiger partial charge in [0, 0.05) is 12.5 Å². The van der Waals surface area contributed by atoms with Gasteiger partial charge in [-0.15, -0.1) is 0 Å². The van der Waals surface area contributed by atoms with Gasteiger partial charge in [-0.3, -0.25) is 4.79 Å². The monoisotopic (exact) mass is 292 g/mol. The third kappa shape index (κ3) is 4.65. The lowest BCUT2D eigenvalue weighted by atomic mass is 9.85. The van der Waals surface area contributed by atoms with Crippen LogP contribution < -0.4 is 10.6 Å². The maximum atomic E-state index is 12.5. The largest absolute Gasteiger partial charge is 0.391 e. The van der Waals surface area contributed by atoms with Crippen LogP contribution in [0.5, 0.6) is 0 Å². The average Bonchev–Trinajstić information content (AvgIpc) is 2.39. The highest BCUT2D eigenvalue weighted by atomic mass is 19.4. The van der Waals surface area contributed by atoms with Crippen LogP contribution in [-0.2, 0) is 4.79 Å². The molecule has 2 fully saturated rings. The van der Waals surface area contributed by atoms with Gasteiger partial charge >= 0.3 is 6.18 Å². The Morgan fingerprint density at radius 3 is 2.20 bits per heavy atom. The number of hydrogen-bond acceptors (Lipinski definition) is 2. The second kappa shape index (κ2) is 6.78. The molecular weight excluding hydrogens is 269 g/mol. The molecule has 2 rings (SSSR count). The molecule has 0 unspecified atom stereocenters. The van der Waals surface area contributed by atoms with E-state index in [1.807, 2.05) is 0 Å². The second-order valence-corrected chi connectivity index (χ2v) is 6.06. The van der Waals surface area contributed by atoms with Gasteiger partial charge in [-0.1, -0.05) is 0 Å². The summed E-state index contributed by atoms with van der Waals surface area (Å²) in [5.74, 6) is -0.754. The average molecular weight is 292 g/mol. The van der Waals surface area contributed by atoms with Gasteiger partial charge < -0.3 is 10.6 Å². The topological polar surface area (TPSA) is 41.1 Å². The van der Waals surface area contributed by atoms with Crippen LogP contribution in [0, 0.1) is 11.8 Å². The number of hydrogen-bond donors (Lipinski definition) is 2. The van der Waals surface area contributed by atoms with Crippen LogP contribution in [0.3, 0.4) is 0 Å².